The molecule has 1 N–H and O–H groups in total. The highest BCUT2D eigenvalue weighted by Crippen LogP contribution is 2.25. The summed E-state index contributed by atoms with van der Waals surface area (Å²) < 4.78 is 22.4. The Morgan fingerprint density at radius 2 is 2.05 bits per heavy atom. The molecule has 1 heterocycles. The van der Waals surface area contributed by atoms with Crippen LogP contribution < -0.4 is 5.32 Å². The van der Waals surface area contributed by atoms with E-state index in [1.165, 1.54) is 6.07 Å². The smallest absolute Gasteiger partial charge is 0.270 e. The number of amides is 1. The van der Waals surface area contributed by atoms with E-state index in [1.807, 2.05) is 20.8 Å². The van der Waals surface area contributed by atoms with E-state index < -0.39 is 9.05 Å². The topological polar surface area (TPSA) is 63.2 Å². The molecule has 0 aliphatic carbocycles. The summed E-state index contributed by atoms with van der Waals surface area (Å²) in [7, 11) is 1.60. The van der Waals surface area contributed by atoms with Crippen LogP contribution in [0.4, 0.5) is 0 Å². The molecule has 108 valence electrons. The molecule has 0 bridgehead atoms. The van der Waals surface area contributed by atoms with Gasteiger partial charge in [-0.15, -0.1) is 11.3 Å². The average molecular weight is 324 g/mol. The summed E-state index contributed by atoms with van der Waals surface area (Å²) in [6.45, 7) is 6.25. The Balaban J connectivity index is 2.51. The van der Waals surface area contributed by atoms with Crippen molar-refractivity contribution in [3.63, 3.8) is 0 Å². The largest absolute Gasteiger partial charge is 0.355 e. The van der Waals surface area contributed by atoms with Gasteiger partial charge in [-0.1, -0.05) is 20.8 Å². The molecule has 19 heavy (non-hydrogen) atoms. The Bertz CT molecular complexity index is 549. The number of carbonyl (C=O) groups is 1. The van der Waals surface area contributed by atoms with Crippen LogP contribution in [-0.2, 0) is 20.3 Å². The zero-order valence-corrected chi connectivity index (χ0v) is 13.6. The quantitative estimate of drug-likeness (QED) is 0.819. The lowest BCUT2D eigenvalue weighted by Gasteiger charge is -2.21. The molecule has 1 rings (SSSR count). The van der Waals surface area contributed by atoms with Gasteiger partial charge in [-0.05, 0) is 25.0 Å². The Kier molecular flexibility index (Phi) is 5.41. The van der Waals surface area contributed by atoms with Crippen LogP contribution in [0.3, 0.4) is 0 Å². The summed E-state index contributed by atoms with van der Waals surface area (Å²) in [6, 6.07) is 3.21. The molecule has 7 heteroatoms. The molecule has 0 aliphatic rings. The van der Waals surface area contributed by atoms with Crippen molar-refractivity contribution in [2.45, 2.75) is 37.8 Å². The van der Waals surface area contributed by atoms with Crippen LogP contribution in [0.2, 0.25) is 0 Å². The molecular weight excluding hydrogens is 306 g/mol. The van der Waals surface area contributed by atoms with Gasteiger partial charge in [0.2, 0.25) is 5.91 Å². The fraction of sp³-hybridized carbons (Fsp3) is 0.583. The number of thiophene rings is 1. The second-order valence-electron chi connectivity index (χ2n) is 4.90. The van der Waals surface area contributed by atoms with Gasteiger partial charge in [0.1, 0.15) is 4.21 Å². The summed E-state index contributed by atoms with van der Waals surface area (Å²) in [5, 5.41) is 2.86. The van der Waals surface area contributed by atoms with Crippen LogP contribution >= 0.6 is 22.0 Å². The lowest BCUT2D eigenvalue weighted by atomic mass is 9.89. The molecule has 4 nitrogen and oxygen atoms in total. The van der Waals surface area contributed by atoms with Gasteiger partial charge < -0.3 is 5.32 Å². The molecule has 0 aliphatic heterocycles. The summed E-state index contributed by atoms with van der Waals surface area (Å²) in [4.78, 5) is 12.7. The normalized spacial score (nSPS) is 12.4. The molecule has 0 radical (unpaired) electrons. The summed E-state index contributed by atoms with van der Waals surface area (Å²) in [5.74, 6) is 0.0109. The number of hydrogen-bond donors (Lipinski definition) is 1. The first-order valence-corrected chi connectivity index (χ1v) is 9.11. The Hall–Kier alpha value is -0.590. The van der Waals surface area contributed by atoms with E-state index in [9.17, 15) is 13.2 Å². The summed E-state index contributed by atoms with van der Waals surface area (Å²) in [6.07, 6.45) is 1.37. The minimum absolute atomic E-state index is 0.0109. The molecule has 1 amide bonds. The fourth-order valence-electron chi connectivity index (χ4n) is 1.32. The van der Waals surface area contributed by atoms with E-state index in [2.05, 4.69) is 5.32 Å². The molecule has 0 atom stereocenters. The maximum absolute atomic E-state index is 11.8. The van der Waals surface area contributed by atoms with E-state index in [0.717, 1.165) is 22.6 Å². The minimum atomic E-state index is -3.65. The number of hydrogen-bond acceptors (Lipinski definition) is 4. The third-order valence-electron chi connectivity index (χ3n) is 3.03. The van der Waals surface area contributed by atoms with Gasteiger partial charge >= 0.3 is 0 Å². The fourth-order valence-corrected chi connectivity index (χ4v) is 3.45. The lowest BCUT2D eigenvalue weighted by Crippen LogP contribution is -2.37. The minimum Gasteiger partial charge on any atom is -0.355 e. The zero-order valence-electron chi connectivity index (χ0n) is 11.2. The van der Waals surface area contributed by atoms with Crippen LogP contribution in [0.15, 0.2) is 16.3 Å². The van der Waals surface area contributed by atoms with Gasteiger partial charge in [-0.25, -0.2) is 8.42 Å². The number of carbonyl (C=O) groups excluding carboxylic acids is 1. The monoisotopic (exact) mass is 323 g/mol. The molecular formula is C12H18ClNO3S2. The predicted molar refractivity (Wildman–Crippen MR) is 78.1 cm³/mol. The first-order chi connectivity index (χ1) is 8.66. The Morgan fingerprint density at radius 3 is 2.53 bits per heavy atom. The van der Waals surface area contributed by atoms with Gasteiger partial charge in [0.15, 0.2) is 0 Å². The Labute approximate surface area is 122 Å². The standard InChI is InChI=1S/C12H18ClNO3S2/c1-4-12(2,3)11(15)14-8-7-9-5-6-10(18-9)19(13,16)17/h5-6H,4,7-8H2,1-3H3,(H,14,15). The van der Waals surface area contributed by atoms with E-state index in [4.69, 9.17) is 10.7 Å². The van der Waals surface area contributed by atoms with E-state index in [0.29, 0.717) is 13.0 Å². The third kappa shape index (κ3) is 4.78. The van der Waals surface area contributed by atoms with Crippen molar-refractivity contribution in [2.24, 2.45) is 5.41 Å². The molecule has 0 saturated heterocycles. The average Bonchev–Trinajstić information content (AvgIpc) is 2.77. The van der Waals surface area contributed by atoms with Crippen molar-refractivity contribution in [1.82, 2.24) is 5.32 Å². The lowest BCUT2D eigenvalue weighted by molar-refractivity contribution is -0.129. The second-order valence-corrected chi connectivity index (χ2v) is 8.86. The highest BCUT2D eigenvalue weighted by Gasteiger charge is 2.24. The van der Waals surface area contributed by atoms with E-state index >= 15 is 0 Å². The highest BCUT2D eigenvalue weighted by atomic mass is 35.7. The summed E-state index contributed by atoms with van der Waals surface area (Å²) in [5.41, 5.74) is -0.375. The Morgan fingerprint density at radius 1 is 1.42 bits per heavy atom. The molecule has 0 saturated carbocycles. The van der Waals surface area contributed by atoms with Crippen molar-refractivity contribution in [2.75, 3.05) is 6.54 Å². The molecule has 1 aromatic rings. The molecule has 1 aromatic heterocycles. The van der Waals surface area contributed by atoms with Crippen molar-refractivity contribution in [1.29, 1.82) is 0 Å². The van der Waals surface area contributed by atoms with Crippen LogP contribution in [-0.4, -0.2) is 20.9 Å². The first-order valence-electron chi connectivity index (χ1n) is 5.98. The van der Waals surface area contributed by atoms with Crippen molar-refractivity contribution >= 4 is 37.0 Å². The first kappa shape index (κ1) is 16.5. The van der Waals surface area contributed by atoms with Crippen LogP contribution in [0.25, 0.3) is 0 Å². The second kappa shape index (κ2) is 6.24. The maximum atomic E-state index is 11.8. The number of halogens is 1. The van der Waals surface area contributed by atoms with Gasteiger partial charge in [-0.3, -0.25) is 4.79 Å². The third-order valence-corrected chi connectivity index (χ3v) is 6.27. The van der Waals surface area contributed by atoms with Gasteiger partial charge in [0.05, 0.1) is 0 Å². The number of nitrogens with one attached hydrogen (secondary N) is 1. The molecule has 0 aromatic carbocycles. The molecule has 0 unspecified atom stereocenters. The van der Waals surface area contributed by atoms with Crippen LogP contribution in [0.1, 0.15) is 32.1 Å². The SMILES string of the molecule is CCC(C)(C)C(=O)NCCc1ccc(S(=O)(=O)Cl)s1. The highest BCUT2D eigenvalue weighted by molar-refractivity contribution is 8.15. The van der Waals surface area contributed by atoms with Gasteiger partial charge in [0, 0.05) is 27.5 Å². The van der Waals surface area contributed by atoms with Crippen LogP contribution in [0, 0.1) is 5.41 Å². The number of rotatable bonds is 6. The van der Waals surface area contributed by atoms with Crippen LogP contribution in [0.5, 0.6) is 0 Å². The predicted octanol–water partition coefficient (Wildman–Crippen LogP) is 2.77. The molecule has 0 spiro atoms. The van der Waals surface area contributed by atoms with Gasteiger partial charge in [0.25, 0.3) is 9.05 Å². The van der Waals surface area contributed by atoms with E-state index in [1.54, 1.807) is 6.07 Å². The zero-order chi connectivity index (χ0) is 14.7. The van der Waals surface area contributed by atoms with Crippen molar-refractivity contribution in [3.05, 3.63) is 17.0 Å². The maximum Gasteiger partial charge on any atom is 0.270 e. The van der Waals surface area contributed by atoms with E-state index in [-0.39, 0.29) is 15.5 Å². The van der Waals surface area contributed by atoms with Gasteiger partial charge in [-0.2, -0.15) is 0 Å². The molecule has 0 fully saturated rings. The summed E-state index contributed by atoms with van der Waals surface area (Å²) >= 11 is 1.13. The van der Waals surface area contributed by atoms with Crippen molar-refractivity contribution in [3.8, 4) is 0 Å². The van der Waals surface area contributed by atoms with Crippen molar-refractivity contribution < 1.29 is 13.2 Å².